The number of nitrogens with two attached hydrogens (primary N) is 1. The summed E-state index contributed by atoms with van der Waals surface area (Å²) in [5.41, 5.74) is 7.38. The molecule has 2 heterocycles. The van der Waals surface area contributed by atoms with Crippen LogP contribution in [0.2, 0.25) is 0 Å². The molecule has 0 unspecified atom stereocenters. The number of fused-ring (bicyclic) bond motifs is 1. The van der Waals surface area contributed by atoms with Gasteiger partial charge in [0.2, 0.25) is 5.95 Å². The Balaban J connectivity index is 2.08. The number of benzene rings is 1. The Kier molecular flexibility index (Phi) is 3.53. The van der Waals surface area contributed by atoms with Crippen molar-refractivity contribution in [3.05, 3.63) is 44.8 Å². The van der Waals surface area contributed by atoms with Gasteiger partial charge in [-0.3, -0.25) is 0 Å². The summed E-state index contributed by atoms with van der Waals surface area (Å²) in [4.78, 5) is 5.55. The SMILES string of the molecule is CC(C)(Cn1c(N)nc2cc(F)c(Br)cc21)c1cccs1. The van der Waals surface area contributed by atoms with E-state index < -0.39 is 0 Å². The fourth-order valence-corrected chi connectivity index (χ4v) is 3.62. The zero-order valence-corrected chi connectivity index (χ0v) is 14.1. The first-order chi connectivity index (χ1) is 9.88. The average Bonchev–Trinajstić information content (AvgIpc) is 3.02. The molecule has 0 radical (unpaired) electrons. The Morgan fingerprint density at radius 2 is 2.19 bits per heavy atom. The summed E-state index contributed by atoms with van der Waals surface area (Å²) in [6.07, 6.45) is 0. The second-order valence-corrected chi connectivity index (χ2v) is 7.47. The summed E-state index contributed by atoms with van der Waals surface area (Å²) in [5, 5.41) is 2.07. The zero-order valence-electron chi connectivity index (χ0n) is 11.7. The van der Waals surface area contributed by atoms with E-state index >= 15 is 0 Å². The number of thiophene rings is 1. The first-order valence-corrected chi connectivity index (χ1v) is 8.20. The third-order valence-corrected chi connectivity index (χ3v) is 5.40. The fourth-order valence-electron chi connectivity index (χ4n) is 2.44. The topological polar surface area (TPSA) is 43.8 Å². The molecule has 2 aromatic heterocycles. The van der Waals surface area contributed by atoms with E-state index in [1.165, 1.54) is 10.9 Å². The van der Waals surface area contributed by atoms with E-state index in [0.717, 1.165) is 5.52 Å². The second-order valence-electron chi connectivity index (χ2n) is 5.67. The quantitative estimate of drug-likeness (QED) is 0.737. The molecule has 3 aromatic rings. The van der Waals surface area contributed by atoms with Crippen LogP contribution in [0.4, 0.5) is 10.3 Å². The van der Waals surface area contributed by atoms with E-state index in [-0.39, 0.29) is 11.2 Å². The lowest BCUT2D eigenvalue weighted by atomic mass is 9.91. The van der Waals surface area contributed by atoms with Crippen molar-refractivity contribution in [3.8, 4) is 0 Å². The number of rotatable bonds is 3. The van der Waals surface area contributed by atoms with Crippen LogP contribution < -0.4 is 5.73 Å². The molecule has 0 aliphatic heterocycles. The summed E-state index contributed by atoms with van der Waals surface area (Å²) in [7, 11) is 0. The van der Waals surface area contributed by atoms with Gasteiger partial charge in [-0.25, -0.2) is 9.37 Å². The van der Waals surface area contributed by atoms with Crippen LogP contribution in [0.5, 0.6) is 0 Å². The minimum absolute atomic E-state index is 0.0726. The van der Waals surface area contributed by atoms with E-state index in [2.05, 4.69) is 46.2 Å². The van der Waals surface area contributed by atoms with Crippen molar-refractivity contribution in [3.63, 3.8) is 0 Å². The summed E-state index contributed by atoms with van der Waals surface area (Å²) in [6.45, 7) is 5.03. The second kappa shape index (κ2) is 5.10. The van der Waals surface area contributed by atoms with E-state index in [1.807, 2.05) is 10.6 Å². The van der Waals surface area contributed by atoms with Crippen molar-refractivity contribution in [2.45, 2.75) is 25.8 Å². The predicted molar refractivity (Wildman–Crippen MR) is 89.1 cm³/mol. The molecular formula is C15H15BrFN3S. The first kappa shape index (κ1) is 14.5. The van der Waals surface area contributed by atoms with Gasteiger partial charge in [0, 0.05) is 22.9 Å². The molecular weight excluding hydrogens is 353 g/mol. The first-order valence-electron chi connectivity index (χ1n) is 6.53. The van der Waals surface area contributed by atoms with E-state index in [1.54, 1.807) is 17.4 Å². The number of hydrogen-bond acceptors (Lipinski definition) is 3. The molecule has 21 heavy (non-hydrogen) atoms. The molecule has 2 N–H and O–H groups in total. The highest BCUT2D eigenvalue weighted by Gasteiger charge is 2.25. The van der Waals surface area contributed by atoms with Gasteiger partial charge in [0.05, 0.1) is 15.5 Å². The molecule has 0 aliphatic carbocycles. The molecule has 3 nitrogen and oxygen atoms in total. The van der Waals surface area contributed by atoms with Gasteiger partial charge < -0.3 is 10.3 Å². The van der Waals surface area contributed by atoms with Crippen LogP contribution in [-0.4, -0.2) is 9.55 Å². The average molecular weight is 368 g/mol. The Morgan fingerprint density at radius 3 is 2.86 bits per heavy atom. The highest BCUT2D eigenvalue weighted by molar-refractivity contribution is 9.10. The van der Waals surface area contributed by atoms with Crippen molar-refractivity contribution in [1.82, 2.24) is 9.55 Å². The summed E-state index contributed by atoms with van der Waals surface area (Å²) in [6, 6.07) is 7.31. The van der Waals surface area contributed by atoms with Crippen molar-refractivity contribution < 1.29 is 4.39 Å². The summed E-state index contributed by atoms with van der Waals surface area (Å²) in [5.74, 6) is 0.0804. The summed E-state index contributed by atoms with van der Waals surface area (Å²) >= 11 is 4.95. The molecule has 0 aliphatic rings. The van der Waals surface area contributed by atoms with Crippen molar-refractivity contribution in [2.24, 2.45) is 0 Å². The predicted octanol–water partition coefficient (Wildman–Crippen LogP) is 4.56. The molecule has 110 valence electrons. The maximum absolute atomic E-state index is 13.6. The van der Waals surface area contributed by atoms with Crippen LogP contribution in [0.15, 0.2) is 34.1 Å². The number of hydrogen-bond donors (Lipinski definition) is 1. The minimum atomic E-state index is -0.329. The molecule has 0 saturated carbocycles. The van der Waals surface area contributed by atoms with E-state index in [9.17, 15) is 4.39 Å². The van der Waals surface area contributed by atoms with Gasteiger partial charge in [0.25, 0.3) is 0 Å². The maximum Gasteiger partial charge on any atom is 0.201 e. The van der Waals surface area contributed by atoms with Gasteiger partial charge in [-0.05, 0) is 33.4 Å². The van der Waals surface area contributed by atoms with Gasteiger partial charge in [-0.2, -0.15) is 0 Å². The summed E-state index contributed by atoms with van der Waals surface area (Å²) < 4.78 is 16.0. The number of anilines is 1. The van der Waals surface area contributed by atoms with Gasteiger partial charge in [0.1, 0.15) is 5.82 Å². The van der Waals surface area contributed by atoms with E-state index in [4.69, 9.17) is 5.73 Å². The molecule has 1 aromatic carbocycles. The molecule has 0 atom stereocenters. The van der Waals surface area contributed by atoms with Crippen molar-refractivity contribution >= 4 is 44.2 Å². The molecule has 0 saturated heterocycles. The largest absolute Gasteiger partial charge is 0.369 e. The number of aromatic nitrogens is 2. The lowest BCUT2D eigenvalue weighted by Crippen LogP contribution is -2.24. The number of nitrogens with zero attached hydrogens (tertiary/aromatic N) is 2. The normalized spacial score (nSPS) is 12.2. The molecule has 0 amide bonds. The van der Waals surface area contributed by atoms with Gasteiger partial charge >= 0.3 is 0 Å². The Bertz CT molecular complexity index is 793. The Morgan fingerprint density at radius 1 is 1.43 bits per heavy atom. The molecule has 0 fully saturated rings. The molecule has 6 heteroatoms. The molecule has 0 spiro atoms. The monoisotopic (exact) mass is 367 g/mol. The smallest absolute Gasteiger partial charge is 0.201 e. The van der Waals surface area contributed by atoms with Crippen LogP contribution >= 0.6 is 27.3 Å². The van der Waals surface area contributed by atoms with Crippen LogP contribution in [-0.2, 0) is 12.0 Å². The fraction of sp³-hybridized carbons (Fsp3) is 0.267. The maximum atomic E-state index is 13.6. The van der Waals surface area contributed by atoms with Gasteiger partial charge in [-0.15, -0.1) is 11.3 Å². The zero-order chi connectivity index (χ0) is 15.2. The van der Waals surface area contributed by atoms with Crippen LogP contribution in [0.1, 0.15) is 18.7 Å². The third-order valence-electron chi connectivity index (χ3n) is 3.56. The number of nitrogen functional groups attached to an aromatic ring is 1. The van der Waals surface area contributed by atoms with Gasteiger partial charge in [0.15, 0.2) is 0 Å². The number of halogens is 2. The van der Waals surface area contributed by atoms with Crippen molar-refractivity contribution in [2.75, 3.05) is 5.73 Å². The molecule has 3 rings (SSSR count). The Hall–Kier alpha value is -1.40. The lowest BCUT2D eigenvalue weighted by molar-refractivity contribution is 0.453. The van der Waals surface area contributed by atoms with Gasteiger partial charge in [-0.1, -0.05) is 19.9 Å². The highest BCUT2D eigenvalue weighted by Crippen LogP contribution is 2.32. The lowest BCUT2D eigenvalue weighted by Gasteiger charge is -2.24. The molecule has 0 bridgehead atoms. The Labute approximate surface area is 134 Å². The van der Waals surface area contributed by atoms with Crippen LogP contribution in [0.3, 0.4) is 0 Å². The van der Waals surface area contributed by atoms with Crippen LogP contribution in [0, 0.1) is 5.82 Å². The van der Waals surface area contributed by atoms with Crippen molar-refractivity contribution in [1.29, 1.82) is 0 Å². The highest BCUT2D eigenvalue weighted by atomic mass is 79.9. The van der Waals surface area contributed by atoms with Crippen LogP contribution in [0.25, 0.3) is 11.0 Å². The van der Waals surface area contributed by atoms with E-state index in [0.29, 0.717) is 22.5 Å². The minimum Gasteiger partial charge on any atom is -0.369 e. The standard InChI is InChI=1S/C15H15BrFN3S/c1-15(2,13-4-3-5-21-13)8-20-12-6-9(16)10(17)7-11(12)19-14(20)18/h3-7H,8H2,1-2H3,(H2,18,19). The third kappa shape index (κ3) is 2.58. The number of imidazole rings is 1.